The van der Waals surface area contributed by atoms with Gasteiger partial charge in [0.1, 0.15) is 16.7 Å². The van der Waals surface area contributed by atoms with Gasteiger partial charge in [0.05, 0.1) is 22.8 Å². The van der Waals surface area contributed by atoms with Crippen LogP contribution in [0.3, 0.4) is 0 Å². The minimum atomic E-state index is -0.701. The normalized spacial score (nSPS) is 20.3. The third-order valence-corrected chi connectivity index (χ3v) is 14.0. The molecule has 3 aliphatic heterocycles. The Morgan fingerprint density at radius 2 is 1.71 bits per heavy atom. The molecule has 16 heteroatoms. The van der Waals surface area contributed by atoms with Crippen LogP contribution in [0.15, 0.2) is 63.1 Å². The van der Waals surface area contributed by atoms with Crippen molar-refractivity contribution >= 4 is 74.8 Å². The van der Waals surface area contributed by atoms with E-state index >= 15 is 0 Å². The molecule has 1 atom stereocenters. The number of hydrogen-bond acceptors (Lipinski definition) is 11. The van der Waals surface area contributed by atoms with Gasteiger partial charge in [-0.3, -0.25) is 33.4 Å². The molecule has 3 aromatic heterocycles. The van der Waals surface area contributed by atoms with Crippen LogP contribution in [0, 0.1) is 12.8 Å². The van der Waals surface area contributed by atoms with Crippen molar-refractivity contribution in [2.24, 2.45) is 13.0 Å². The first-order valence-electron chi connectivity index (χ1n) is 20.9. The number of benzene rings is 2. The Morgan fingerprint density at radius 3 is 2.46 bits per heavy atom. The molecule has 4 aliphatic rings. The van der Waals surface area contributed by atoms with Crippen molar-refractivity contribution in [1.29, 1.82) is 0 Å². The van der Waals surface area contributed by atoms with Crippen LogP contribution in [0.2, 0.25) is 5.02 Å². The molecule has 5 aromatic rings. The summed E-state index contributed by atoms with van der Waals surface area (Å²) in [6.07, 6.45) is 10.5. The number of nitrogens with one attached hydrogen (secondary N) is 2. The summed E-state index contributed by atoms with van der Waals surface area (Å²) < 4.78 is 13.9. The summed E-state index contributed by atoms with van der Waals surface area (Å²) in [4.78, 5) is 63.8. The van der Waals surface area contributed by atoms with Gasteiger partial charge in [0.25, 0.3) is 5.56 Å². The minimum Gasteiger partial charge on any atom is -0.378 e. The lowest BCUT2D eigenvalue weighted by Gasteiger charge is -2.35. The molecule has 3 saturated heterocycles. The highest BCUT2D eigenvalue weighted by Crippen LogP contribution is 2.35. The molecule has 6 heterocycles. The molecular formula is C43H50ClN9O5S. The van der Waals surface area contributed by atoms with Crippen LogP contribution < -0.4 is 26.8 Å². The minimum absolute atomic E-state index is 0.108. The first kappa shape index (κ1) is 39.7. The average molecular weight is 840 g/mol. The van der Waals surface area contributed by atoms with Crippen molar-refractivity contribution < 1.29 is 14.3 Å². The number of para-hydroxylation sites is 1. The summed E-state index contributed by atoms with van der Waals surface area (Å²) in [6, 6.07) is 13.3. The van der Waals surface area contributed by atoms with E-state index in [2.05, 4.69) is 49.9 Å². The van der Waals surface area contributed by atoms with Crippen molar-refractivity contribution in [2.75, 3.05) is 43.0 Å². The Bertz CT molecular complexity index is 2530. The summed E-state index contributed by atoms with van der Waals surface area (Å²) in [6.45, 7) is 6.47. The molecule has 14 nitrogen and oxygen atoms in total. The van der Waals surface area contributed by atoms with E-state index in [4.69, 9.17) is 21.3 Å². The zero-order chi connectivity index (χ0) is 40.8. The molecule has 0 bridgehead atoms. The van der Waals surface area contributed by atoms with Gasteiger partial charge in [0.2, 0.25) is 17.8 Å². The molecule has 1 saturated carbocycles. The van der Waals surface area contributed by atoms with Gasteiger partial charge >= 0.3 is 5.69 Å². The molecule has 0 spiro atoms. The number of carbonyl (C=O) groups is 2. The zero-order valence-corrected chi connectivity index (χ0v) is 35.1. The Balaban J connectivity index is 0.756. The molecule has 2 amide bonds. The second-order valence-electron chi connectivity index (χ2n) is 16.5. The highest BCUT2D eigenvalue weighted by molar-refractivity contribution is 7.97. The number of rotatable bonds is 10. The van der Waals surface area contributed by atoms with E-state index in [0.29, 0.717) is 29.5 Å². The summed E-state index contributed by atoms with van der Waals surface area (Å²) in [5, 5.41) is 6.74. The number of aromatic nitrogens is 5. The van der Waals surface area contributed by atoms with Gasteiger partial charge < -0.3 is 15.0 Å². The third kappa shape index (κ3) is 8.01. The predicted octanol–water partition coefficient (Wildman–Crippen LogP) is 6.65. The van der Waals surface area contributed by atoms with E-state index in [1.807, 2.05) is 18.2 Å². The van der Waals surface area contributed by atoms with E-state index in [1.165, 1.54) is 4.90 Å². The van der Waals surface area contributed by atoms with E-state index in [9.17, 15) is 19.2 Å². The number of nitrogens with zero attached hydrogens (tertiary/aromatic N) is 7. The topological polar surface area (TPSA) is 149 Å². The van der Waals surface area contributed by atoms with Crippen molar-refractivity contribution in [3.05, 3.63) is 80.1 Å². The Kier molecular flexibility index (Phi) is 11.3. The van der Waals surface area contributed by atoms with Crippen molar-refractivity contribution in [1.82, 2.24) is 33.3 Å². The summed E-state index contributed by atoms with van der Waals surface area (Å²) in [5.41, 5.74) is 4.69. The molecule has 1 unspecified atom stereocenters. The van der Waals surface area contributed by atoms with Gasteiger partial charge in [0, 0.05) is 74.5 Å². The van der Waals surface area contributed by atoms with Gasteiger partial charge in [-0.2, -0.15) is 4.98 Å². The number of amides is 2. The summed E-state index contributed by atoms with van der Waals surface area (Å²) in [5.74, 6) is 0.257. The average Bonchev–Trinajstić information content (AvgIpc) is 3.86. The number of piperidine rings is 3. The van der Waals surface area contributed by atoms with E-state index in [0.717, 1.165) is 112 Å². The molecule has 310 valence electrons. The molecule has 2 N–H and O–H groups in total. The number of hydrogen-bond donors (Lipinski definition) is 2. The number of imide groups is 1. The van der Waals surface area contributed by atoms with Crippen molar-refractivity contribution in [3.63, 3.8) is 0 Å². The van der Waals surface area contributed by atoms with Crippen LogP contribution in [0.25, 0.3) is 22.1 Å². The first-order chi connectivity index (χ1) is 28.6. The molecule has 2 aromatic carbocycles. The van der Waals surface area contributed by atoms with Crippen LogP contribution in [-0.2, 0) is 21.4 Å². The number of pyridine rings is 1. The Morgan fingerprint density at radius 1 is 0.932 bits per heavy atom. The van der Waals surface area contributed by atoms with Crippen LogP contribution in [0.4, 0.5) is 17.3 Å². The van der Waals surface area contributed by atoms with Crippen LogP contribution in [0.5, 0.6) is 0 Å². The number of imidazole rings is 1. The predicted molar refractivity (Wildman–Crippen MR) is 231 cm³/mol. The van der Waals surface area contributed by atoms with Crippen LogP contribution in [0.1, 0.15) is 81.9 Å². The highest BCUT2D eigenvalue weighted by Gasteiger charge is 2.33. The molecular weight excluding hydrogens is 790 g/mol. The van der Waals surface area contributed by atoms with E-state index < -0.39 is 11.9 Å². The van der Waals surface area contributed by atoms with Crippen LogP contribution >= 0.6 is 23.5 Å². The third-order valence-electron chi connectivity index (χ3n) is 12.6. The maximum absolute atomic E-state index is 13.4. The molecule has 59 heavy (non-hydrogen) atoms. The SMILES string of the molecule is Cc1cc(SN2CCC(COC3CCN(c4cccc5c4n(C)c(=O)n5C4CCC(=O)NC4=O)CC3)CC2)ccc1Nc1ncc2cc(Cl)c(=O)n(C3CCCC3)c2n1. The number of carbonyl (C=O) groups excluding carboxylic acids is 2. The maximum atomic E-state index is 13.4. The fraction of sp³-hybridized carbons (Fsp3) is 0.488. The van der Waals surface area contributed by atoms with Gasteiger partial charge in [-0.15, -0.1) is 0 Å². The second-order valence-corrected chi connectivity index (χ2v) is 18.1. The maximum Gasteiger partial charge on any atom is 0.329 e. The van der Waals surface area contributed by atoms with Gasteiger partial charge in [-0.25, -0.2) is 14.1 Å². The molecule has 0 radical (unpaired) electrons. The zero-order valence-electron chi connectivity index (χ0n) is 33.5. The lowest BCUT2D eigenvalue weighted by molar-refractivity contribution is -0.135. The molecule has 4 fully saturated rings. The molecule has 9 rings (SSSR count). The standard InChI is InChI=1S/C43H50ClN9O5S/c1-26-22-31(10-11-33(26)46-42-45-24-28-23-32(44)41(56)52(39(28)48-42)29-6-3-4-7-29)59-51-20-14-27(15-21-51)25-58-30-16-18-50(19-17-30)34-8-5-9-35-38(34)49(2)43(57)53(35)36-12-13-37(54)47-40(36)55/h5,8-11,22-24,27,29-30,36H,3-4,6-7,12-21,25H2,1-2H3,(H,45,46,48)(H,47,54,55). The first-order valence-corrected chi connectivity index (χ1v) is 22.0. The lowest BCUT2D eigenvalue weighted by atomic mass is 9.99. The summed E-state index contributed by atoms with van der Waals surface area (Å²) >= 11 is 8.12. The number of fused-ring (bicyclic) bond motifs is 2. The fourth-order valence-corrected chi connectivity index (χ4v) is 10.6. The van der Waals surface area contributed by atoms with Gasteiger partial charge in [-0.05, 0) is 112 Å². The smallest absolute Gasteiger partial charge is 0.329 e. The lowest BCUT2D eigenvalue weighted by Crippen LogP contribution is -2.44. The van der Waals surface area contributed by atoms with Gasteiger partial charge in [-0.1, -0.05) is 30.5 Å². The fourth-order valence-electron chi connectivity index (χ4n) is 9.36. The van der Waals surface area contributed by atoms with Crippen molar-refractivity contribution in [3.8, 4) is 0 Å². The van der Waals surface area contributed by atoms with Crippen molar-refractivity contribution in [2.45, 2.75) is 94.2 Å². The number of halogens is 1. The molecule has 1 aliphatic carbocycles. The summed E-state index contributed by atoms with van der Waals surface area (Å²) in [7, 11) is 1.75. The monoisotopic (exact) mass is 839 g/mol. The Labute approximate surface area is 351 Å². The van der Waals surface area contributed by atoms with Gasteiger partial charge in [0.15, 0.2) is 0 Å². The van der Waals surface area contributed by atoms with E-state index in [-0.39, 0.29) is 40.7 Å². The van der Waals surface area contributed by atoms with E-state index in [1.54, 1.807) is 45.0 Å². The largest absolute Gasteiger partial charge is 0.378 e. The number of anilines is 3. The number of aryl methyl sites for hydroxylation is 2. The quantitative estimate of drug-likeness (QED) is 0.115. The number of ether oxygens (including phenoxy) is 1. The van der Waals surface area contributed by atoms with Crippen LogP contribution in [-0.4, -0.2) is 78.7 Å². The second kappa shape index (κ2) is 16.7. The Hall–Kier alpha value is -4.70. The highest BCUT2D eigenvalue weighted by atomic mass is 35.5.